The number of nitrogens with one attached hydrogen (secondary N) is 2. The lowest BCUT2D eigenvalue weighted by molar-refractivity contribution is 0.0950. The van der Waals surface area contributed by atoms with Crippen LogP contribution in [0.15, 0.2) is 52.0 Å². The van der Waals surface area contributed by atoms with Crippen molar-refractivity contribution in [3.05, 3.63) is 63.8 Å². The van der Waals surface area contributed by atoms with Gasteiger partial charge in [0.05, 0.1) is 23.5 Å². The Morgan fingerprint density at radius 1 is 1.30 bits per heavy atom. The first-order valence-electron chi connectivity index (χ1n) is 8.00. The van der Waals surface area contributed by atoms with Crippen LogP contribution in [0.1, 0.15) is 21.6 Å². The molecule has 8 heteroatoms. The summed E-state index contributed by atoms with van der Waals surface area (Å²) >= 11 is 3.23. The Morgan fingerprint density at radius 2 is 2.04 bits per heavy atom. The van der Waals surface area contributed by atoms with Gasteiger partial charge in [-0.2, -0.15) is 10.2 Å². The number of phenols is 1. The van der Waals surface area contributed by atoms with E-state index in [2.05, 4.69) is 36.7 Å². The fourth-order valence-electron chi connectivity index (χ4n) is 2.36. The second-order valence-electron chi connectivity index (χ2n) is 5.79. The van der Waals surface area contributed by atoms with Gasteiger partial charge in [0, 0.05) is 5.56 Å². The summed E-state index contributed by atoms with van der Waals surface area (Å²) in [6.07, 6.45) is 1.45. The van der Waals surface area contributed by atoms with E-state index in [4.69, 9.17) is 4.74 Å². The quantitative estimate of drug-likeness (QED) is 0.426. The highest BCUT2D eigenvalue weighted by Crippen LogP contribution is 2.34. The largest absolute Gasteiger partial charge is 0.503 e. The molecule has 7 nitrogen and oxygen atoms in total. The summed E-state index contributed by atoms with van der Waals surface area (Å²) in [5, 5.41) is 20.6. The standard InChI is InChI=1S/C19H17BrN4O3/c1-11-3-5-13(6-4-11)15-9-16(23-22-15)19(26)24-21-10-12-7-14(20)18(25)17(8-12)27-2/h3-10,25H,1-2H3,(H,22,23)(H,24,26). The van der Waals surface area contributed by atoms with Crippen molar-refractivity contribution in [2.45, 2.75) is 6.92 Å². The van der Waals surface area contributed by atoms with Gasteiger partial charge >= 0.3 is 0 Å². The van der Waals surface area contributed by atoms with E-state index in [0.29, 0.717) is 27.2 Å². The third kappa shape index (κ3) is 4.35. The number of aromatic hydroxyl groups is 1. The number of rotatable bonds is 5. The molecule has 0 spiro atoms. The smallest absolute Gasteiger partial charge is 0.289 e. The number of nitrogens with zero attached hydrogens (tertiary/aromatic N) is 2. The fraction of sp³-hybridized carbons (Fsp3) is 0.105. The molecular formula is C19H17BrN4O3. The predicted molar refractivity (Wildman–Crippen MR) is 106 cm³/mol. The normalized spacial score (nSPS) is 10.9. The SMILES string of the molecule is COc1cc(C=NNC(=O)c2cc(-c3ccc(C)cc3)n[nH]2)cc(Br)c1O. The molecule has 3 rings (SSSR count). The van der Waals surface area contributed by atoms with E-state index >= 15 is 0 Å². The van der Waals surface area contributed by atoms with Gasteiger partial charge in [0.2, 0.25) is 0 Å². The number of ether oxygens (including phenoxy) is 1. The molecule has 0 atom stereocenters. The molecule has 0 aliphatic rings. The average Bonchev–Trinajstić information content (AvgIpc) is 3.15. The molecule has 0 aliphatic heterocycles. The third-order valence-electron chi connectivity index (χ3n) is 3.82. The van der Waals surface area contributed by atoms with Crippen LogP contribution in [0.3, 0.4) is 0 Å². The van der Waals surface area contributed by atoms with Crippen LogP contribution in [-0.4, -0.2) is 34.5 Å². The molecule has 1 aromatic heterocycles. The van der Waals surface area contributed by atoms with E-state index < -0.39 is 5.91 Å². The number of methoxy groups -OCH3 is 1. The van der Waals surface area contributed by atoms with Gasteiger partial charge in [0.1, 0.15) is 5.69 Å². The van der Waals surface area contributed by atoms with E-state index in [0.717, 1.165) is 11.1 Å². The number of hydrazone groups is 1. The fourth-order valence-corrected chi connectivity index (χ4v) is 2.82. The molecule has 0 saturated heterocycles. The maximum atomic E-state index is 12.2. The van der Waals surface area contributed by atoms with Crippen molar-refractivity contribution in [1.82, 2.24) is 15.6 Å². The maximum Gasteiger partial charge on any atom is 0.289 e. The van der Waals surface area contributed by atoms with Crippen LogP contribution in [-0.2, 0) is 0 Å². The maximum absolute atomic E-state index is 12.2. The second-order valence-corrected chi connectivity index (χ2v) is 6.64. The van der Waals surface area contributed by atoms with Crippen LogP contribution in [0.2, 0.25) is 0 Å². The number of H-pyrrole nitrogens is 1. The molecule has 3 N–H and O–H groups in total. The highest BCUT2D eigenvalue weighted by Gasteiger charge is 2.11. The molecule has 138 valence electrons. The topological polar surface area (TPSA) is 99.6 Å². The van der Waals surface area contributed by atoms with Crippen molar-refractivity contribution in [3.63, 3.8) is 0 Å². The zero-order chi connectivity index (χ0) is 19.4. The Balaban J connectivity index is 1.69. The number of phenolic OH excluding ortho intramolecular Hbond substituents is 1. The van der Waals surface area contributed by atoms with Gasteiger partial charge in [-0.25, -0.2) is 5.43 Å². The minimum atomic E-state index is -0.415. The Bertz CT molecular complexity index is 997. The minimum Gasteiger partial charge on any atom is -0.503 e. The Morgan fingerprint density at radius 3 is 2.74 bits per heavy atom. The monoisotopic (exact) mass is 428 g/mol. The van der Waals surface area contributed by atoms with Crippen molar-refractivity contribution in [1.29, 1.82) is 0 Å². The minimum absolute atomic E-state index is 0.000203. The van der Waals surface area contributed by atoms with E-state index in [1.165, 1.54) is 13.3 Å². The predicted octanol–water partition coefficient (Wildman–Crippen LogP) is 3.63. The number of amides is 1. The highest BCUT2D eigenvalue weighted by atomic mass is 79.9. The number of aryl methyl sites for hydroxylation is 1. The Kier molecular flexibility index (Phi) is 5.56. The molecule has 0 radical (unpaired) electrons. The van der Waals surface area contributed by atoms with E-state index in [1.807, 2.05) is 31.2 Å². The van der Waals surface area contributed by atoms with Gasteiger partial charge < -0.3 is 9.84 Å². The number of hydrogen-bond acceptors (Lipinski definition) is 5. The van der Waals surface area contributed by atoms with Gasteiger partial charge in [-0.3, -0.25) is 9.89 Å². The first-order valence-corrected chi connectivity index (χ1v) is 8.79. The first-order chi connectivity index (χ1) is 13.0. The molecule has 3 aromatic rings. The first kappa shape index (κ1) is 18.7. The summed E-state index contributed by atoms with van der Waals surface area (Å²) < 4.78 is 5.54. The number of aromatic nitrogens is 2. The number of halogens is 1. The van der Waals surface area contributed by atoms with Crippen molar-refractivity contribution < 1.29 is 14.6 Å². The summed E-state index contributed by atoms with van der Waals surface area (Å²) in [7, 11) is 1.45. The van der Waals surface area contributed by atoms with Gasteiger partial charge in [-0.1, -0.05) is 29.8 Å². The van der Waals surface area contributed by atoms with Gasteiger partial charge in [0.25, 0.3) is 5.91 Å². The van der Waals surface area contributed by atoms with Crippen LogP contribution in [0, 0.1) is 6.92 Å². The van der Waals surface area contributed by atoms with Gasteiger partial charge in [0.15, 0.2) is 11.5 Å². The number of hydrogen-bond donors (Lipinski definition) is 3. The third-order valence-corrected chi connectivity index (χ3v) is 4.42. The van der Waals surface area contributed by atoms with E-state index in [9.17, 15) is 9.90 Å². The lowest BCUT2D eigenvalue weighted by Crippen LogP contribution is -2.18. The molecule has 1 heterocycles. The van der Waals surface area contributed by atoms with Crippen LogP contribution >= 0.6 is 15.9 Å². The molecule has 0 unspecified atom stereocenters. The van der Waals surface area contributed by atoms with E-state index in [1.54, 1.807) is 18.2 Å². The number of carbonyl (C=O) groups excluding carboxylic acids is 1. The van der Waals surface area contributed by atoms with Crippen LogP contribution in [0.4, 0.5) is 0 Å². The van der Waals surface area contributed by atoms with Crippen molar-refractivity contribution in [2.24, 2.45) is 5.10 Å². The molecule has 27 heavy (non-hydrogen) atoms. The average molecular weight is 429 g/mol. The molecule has 0 aliphatic carbocycles. The second kappa shape index (κ2) is 8.05. The summed E-state index contributed by atoms with van der Waals surface area (Å²) in [5.41, 5.74) is 6.12. The molecule has 0 saturated carbocycles. The van der Waals surface area contributed by atoms with Crippen LogP contribution in [0.5, 0.6) is 11.5 Å². The van der Waals surface area contributed by atoms with Gasteiger partial charge in [-0.05, 0) is 46.6 Å². The summed E-state index contributed by atoms with van der Waals surface area (Å²) in [6.45, 7) is 2.01. The van der Waals surface area contributed by atoms with E-state index in [-0.39, 0.29) is 5.75 Å². The zero-order valence-electron chi connectivity index (χ0n) is 14.7. The lowest BCUT2D eigenvalue weighted by atomic mass is 10.1. The summed E-state index contributed by atoms with van der Waals surface area (Å²) in [5.74, 6) is -0.116. The molecule has 2 aromatic carbocycles. The van der Waals surface area contributed by atoms with Crippen LogP contribution < -0.4 is 10.2 Å². The van der Waals surface area contributed by atoms with Gasteiger partial charge in [-0.15, -0.1) is 0 Å². The molecular weight excluding hydrogens is 412 g/mol. The van der Waals surface area contributed by atoms with Crippen molar-refractivity contribution in [2.75, 3.05) is 7.11 Å². The lowest BCUT2D eigenvalue weighted by Gasteiger charge is -2.06. The van der Waals surface area contributed by atoms with Crippen LogP contribution in [0.25, 0.3) is 11.3 Å². The highest BCUT2D eigenvalue weighted by molar-refractivity contribution is 9.10. The number of aromatic amines is 1. The summed E-state index contributed by atoms with van der Waals surface area (Å²) in [6, 6.07) is 12.8. The zero-order valence-corrected chi connectivity index (χ0v) is 16.2. The molecule has 1 amide bonds. The molecule has 0 bridgehead atoms. The molecule has 0 fully saturated rings. The van der Waals surface area contributed by atoms with Crippen molar-refractivity contribution >= 4 is 28.1 Å². The van der Waals surface area contributed by atoms with Crippen molar-refractivity contribution in [3.8, 4) is 22.8 Å². The Labute approximate surface area is 164 Å². The number of carbonyl (C=O) groups is 1. The number of benzene rings is 2. The summed E-state index contributed by atoms with van der Waals surface area (Å²) in [4.78, 5) is 12.2. The Hall–Kier alpha value is -3.13.